The number of carbonyl (C=O) groups excluding carboxylic acids is 2. The molecule has 0 aromatic heterocycles. The van der Waals surface area contributed by atoms with Gasteiger partial charge in [-0.05, 0) is 30.3 Å². The van der Waals surface area contributed by atoms with Crippen LogP contribution in [-0.2, 0) is 4.79 Å². The van der Waals surface area contributed by atoms with E-state index < -0.39 is 6.10 Å². The van der Waals surface area contributed by atoms with Gasteiger partial charge in [0, 0.05) is 26.1 Å². The standard InChI is InChI=1S/C21H22N2O5/c1-22(2)21(25)19-13-23(15-6-3-4-7-16(15)28-19)20(24)14-8-9-17-18(12-14)27-11-5-10-26-17/h3-4,6-9,12,19H,5,10-11,13H2,1-2H3/t19-/m0/s1. The van der Waals surface area contributed by atoms with Crippen molar-refractivity contribution >= 4 is 17.5 Å². The van der Waals surface area contributed by atoms with Gasteiger partial charge in [0.2, 0.25) is 0 Å². The number of anilines is 1. The molecule has 0 spiro atoms. The molecule has 0 bridgehead atoms. The highest BCUT2D eigenvalue weighted by Gasteiger charge is 2.35. The van der Waals surface area contributed by atoms with Crippen LogP contribution in [0.3, 0.4) is 0 Å². The van der Waals surface area contributed by atoms with Gasteiger partial charge in [-0.25, -0.2) is 0 Å². The van der Waals surface area contributed by atoms with Crippen LogP contribution < -0.4 is 19.1 Å². The van der Waals surface area contributed by atoms with Gasteiger partial charge in [-0.15, -0.1) is 0 Å². The van der Waals surface area contributed by atoms with Crippen LogP contribution in [0.5, 0.6) is 17.2 Å². The molecule has 1 atom stereocenters. The molecular weight excluding hydrogens is 360 g/mol. The van der Waals surface area contributed by atoms with Crippen molar-refractivity contribution in [3.05, 3.63) is 48.0 Å². The molecule has 2 aliphatic heterocycles. The Morgan fingerprint density at radius 2 is 1.75 bits per heavy atom. The molecule has 4 rings (SSSR count). The van der Waals surface area contributed by atoms with Crippen LogP contribution in [0.4, 0.5) is 5.69 Å². The quantitative estimate of drug-likeness (QED) is 0.798. The van der Waals surface area contributed by atoms with E-state index in [1.54, 1.807) is 43.3 Å². The lowest BCUT2D eigenvalue weighted by Crippen LogP contribution is -2.50. The Balaban J connectivity index is 1.68. The summed E-state index contributed by atoms with van der Waals surface area (Å²) in [5.41, 5.74) is 1.11. The van der Waals surface area contributed by atoms with Gasteiger partial charge < -0.3 is 24.0 Å². The molecule has 0 unspecified atom stereocenters. The first kappa shape index (κ1) is 18.2. The Bertz CT molecular complexity index is 911. The number of fused-ring (bicyclic) bond motifs is 2. The fourth-order valence-electron chi connectivity index (χ4n) is 3.30. The van der Waals surface area contributed by atoms with E-state index in [4.69, 9.17) is 14.2 Å². The van der Waals surface area contributed by atoms with Crippen LogP contribution in [0.1, 0.15) is 16.8 Å². The van der Waals surface area contributed by atoms with Crippen LogP contribution in [0.25, 0.3) is 0 Å². The minimum Gasteiger partial charge on any atom is -0.490 e. The minimum atomic E-state index is -0.755. The summed E-state index contributed by atoms with van der Waals surface area (Å²) in [6.45, 7) is 1.28. The van der Waals surface area contributed by atoms with E-state index in [1.807, 2.05) is 18.2 Å². The summed E-state index contributed by atoms with van der Waals surface area (Å²) >= 11 is 0. The van der Waals surface area contributed by atoms with E-state index in [0.29, 0.717) is 41.7 Å². The highest BCUT2D eigenvalue weighted by molar-refractivity contribution is 6.08. The molecule has 2 heterocycles. The molecule has 0 aliphatic carbocycles. The molecule has 0 saturated heterocycles. The maximum atomic E-state index is 13.3. The van der Waals surface area contributed by atoms with Gasteiger partial charge >= 0.3 is 0 Å². The molecule has 7 heteroatoms. The first-order valence-corrected chi connectivity index (χ1v) is 9.23. The Kier molecular flexibility index (Phi) is 4.81. The number of amides is 2. The van der Waals surface area contributed by atoms with Gasteiger partial charge in [0.1, 0.15) is 5.75 Å². The number of hydrogen-bond acceptors (Lipinski definition) is 5. The third kappa shape index (κ3) is 3.35. The smallest absolute Gasteiger partial charge is 0.265 e. The number of nitrogens with zero attached hydrogens (tertiary/aromatic N) is 2. The van der Waals surface area contributed by atoms with Gasteiger partial charge in [0.15, 0.2) is 17.6 Å². The maximum Gasteiger partial charge on any atom is 0.265 e. The lowest BCUT2D eigenvalue weighted by molar-refractivity contribution is -0.135. The zero-order chi connectivity index (χ0) is 19.7. The fraction of sp³-hybridized carbons (Fsp3) is 0.333. The Labute approximate surface area is 163 Å². The monoisotopic (exact) mass is 382 g/mol. The van der Waals surface area contributed by atoms with E-state index in [2.05, 4.69) is 0 Å². The summed E-state index contributed by atoms with van der Waals surface area (Å²) in [6.07, 6.45) is 0.0395. The molecule has 7 nitrogen and oxygen atoms in total. The Hall–Kier alpha value is -3.22. The van der Waals surface area contributed by atoms with Gasteiger partial charge in [0.25, 0.3) is 11.8 Å². The molecule has 146 valence electrons. The van der Waals surface area contributed by atoms with Crippen molar-refractivity contribution in [2.75, 3.05) is 38.8 Å². The average Bonchev–Trinajstić information content (AvgIpc) is 2.96. The zero-order valence-corrected chi connectivity index (χ0v) is 15.9. The molecule has 2 amide bonds. The SMILES string of the molecule is CN(C)C(=O)[C@@H]1CN(C(=O)c2ccc3c(c2)OCCCO3)c2ccccc2O1. The third-order valence-corrected chi connectivity index (χ3v) is 4.73. The number of ether oxygens (including phenoxy) is 3. The Morgan fingerprint density at radius 3 is 2.54 bits per heavy atom. The Morgan fingerprint density at radius 1 is 1.00 bits per heavy atom. The topological polar surface area (TPSA) is 68.3 Å². The van der Waals surface area contributed by atoms with Gasteiger partial charge in [0.05, 0.1) is 25.4 Å². The third-order valence-electron chi connectivity index (χ3n) is 4.73. The highest BCUT2D eigenvalue weighted by atomic mass is 16.5. The molecule has 0 radical (unpaired) electrons. The van der Waals surface area contributed by atoms with Gasteiger partial charge in [-0.3, -0.25) is 9.59 Å². The summed E-state index contributed by atoms with van der Waals surface area (Å²) in [6, 6.07) is 12.4. The lowest BCUT2D eigenvalue weighted by atomic mass is 10.1. The molecule has 28 heavy (non-hydrogen) atoms. The van der Waals surface area contributed by atoms with Crippen molar-refractivity contribution in [3.8, 4) is 17.2 Å². The summed E-state index contributed by atoms with van der Waals surface area (Å²) in [5, 5.41) is 0. The van der Waals surface area contributed by atoms with Crippen LogP contribution in [0, 0.1) is 0 Å². The van der Waals surface area contributed by atoms with Crippen molar-refractivity contribution in [3.63, 3.8) is 0 Å². The number of likely N-dealkylation sites (N-methyl/N-ethyl adjacent to an activating group) is 1. The second-order valence-electron chi connectivity index (χ2n) is 6.93. The van der Waals surface area contributed by atoms with Crippen molar-refractivity contribution < 1.29 is 23.8 Å². The summed E-state index contributed by atoms with van der Waals surface area (Å²) in [5.74, 6) is 1.30. The van der Waals surface area contributed by atoms with Crippen molar-refractivity contribution in [1.29, 1.82) is 0 Å². The molecule has 2 aromatic carbocycles. The predicted octanol–water partition coefficient (Wildman–Crippen LogP) is 2.34. The number of rotatable bonds is 2. The number of carbonyl (C=O) groups is 2. The molecule has 0 N–H and O–H groups in total. The zero-order valence-electron chi connectivity index (χ0n) is 15.9. The number of hydrogen-bond donors (Lipinski definition) is 0. The fourth-order valence-corrected chi connectivity index (χ4v) is 3.30. The molecule has 0 saturated carbocycles. The van der Waals surface area contributed by atoms with Crippen LogP contribution in [0.15, 0.2) is 42.5 Å². The average molecular weight is 382 g/mol. The van der Waals surface area contributed by atoms with E-state index in [9.17, 15) is 9.59 Å². The van der Waals surface area contributed by atoms with Gasteiger partial charge in [-0.2, -0.15) is 0 Å². The summed E-state index contributed by atoms with van der Waals surface area (Å²) < 4.78 is 17.2. The van der Waals surface area contributed by atoms with Crippen LogP contribution in [0.2, 0.25) is 0 Å². The number of benzene rings is 2. The van der Waals surface area contributed by atoms with Gasteiger partial charge in [-0.1, -0.05) is 12.1 Å². The first-order valence-electron chi connectivity index (χ1n) is 9.23. The lowest BCUT2D eigenvalue weighted by Gasteiger charge is -2.35. The van der Waals surface area contributed by atoms with E-state index in [0.717, 1.165) is 6.42 Å². The van der Waals surface area contributed by atoms with Crippen LogP contribution >= 0.6 is 0 Å². The first-order chi connectivity index (χ1) is 13.5. The normalized spacial score (nSPS) is 17.8. The molecular formula is C21H22N2O5. The second kappa shape index (κ2) is 7.42. The van der Waals surface area contributed by atoms with E-state index in [1.165, 1.54) is 4.90 Å². The van der Waals surface area contributed by atoms with Crippen molar-refractivity contribution in [1.82, 2.24) is 4.90 Å². The molecule has 0 fully saturated rings. The second-order valence-corrected chi connectivity index (χ2v) is 6.93. The summed E-state index contributed by atoms with van der Waals surface area (Å²) in [4.78, 5) is 28.8. The van der Waals surface area contributed by atoms with E-state index >= 15 is 0 Å². The van der Waals surface area contributed by atoms with Crippen molar-refractivity contribution in [2.45, 2.75) is 12.5 Å². The molecule has 2 aliphatic rings. The van der Waals surface area contributed by atoms with Crippen LogP contribution in [-0.4, -0.2) is 56.7 Å². The largest absolute Gasteiger partial charge is 0.490 e. The maximum absolute atomic E-state index is 13.3. The van der Waals surface area contributed by atoms with Crippen molar-refractivity contribution in [2.24, 2.45) is 0 Å². The van der Waals surface area contributed by atoms with E-state index in [-0.39, 0.29) is 18.4 Å². The summed E-state index contributed by atoms with van der Waals surface area (Å²) in [7, 11) is 3.34. The molecule has 2 aromatic rings. The predicted molar refractivity (Wildman–Crippen MR) is 103 cm³/mol. The number of para-hydroxylation sites is 2. The highest BCUT2D eigenvalue weighted by Crippen LogP contribution is 2.36. The minimum absolute atomic E-state index is 0.140.